The van der Waals surface area contributed by atoms with Crippen molar-refractivity contribution < 1.29 is 18.4 Å². The van der Waals surface area contributed by atoms with Gasteiger partial charge in [-0.15, -0.1) is 0 Å². The van der Waals surface area contributed by atoms with Crippen molar-refractivity contribution in [2.45, 2.75) is 32.2 Å². The summed E-state index contributed by atoms with van der Waals surface area (Å²) in [6.45, 7) is 6.30. The smallest absolute Gasteiger partial charge is 0.289 e. The van der Waals surface area contributed by atoms with Crippen LogP contribution in [0.1, 0.15) is 36.2 Å². The van der Waals surface area contributed by atoms with Crippen molar-refractivity contribution in [2.75, 3.05) is 58.3 Å². The van der Waals surface area contributed by atoms with Crippen molar-refractivity contribution in [1.29, 1.82) is 0 Å². The molecular formula is C32H38ClFN6O3. The fourth-order valence-corrected chi connectivity index (χ4v) is 5.69. The number of anilines is 1. The molecule has 0 spiro atoms. The molecule has 0 atom stereocenters. The van der Waals surface area contributed by atoms with Crippen LogP contribution in [0.4, 0.5) is 10.1 Å². The molecule has 6 rings (SSSR count). The van der Waals surface area contributed by atoms with Crippen molar-refractivity contribution in [3.8, 4) is 11.1 Å². The fourth-order valence-electron chi connectivity index (χ4n) is 5.41. The van der Waals surface area contributed by atoms with Crippen molar-refractivity contribution in [3.05, 3.63) is 71.5 Å². The molecule has 4 aromatic rings. The molecule has 11 heteroatoms. The highest BCUT2D eigenvalue weighted by Gasteiger charge is 2.21. The standard InChI is InChI=1S/C21H21ClFN3O2.C11H17N3O/c1-25(2)21(27)19-12-16-18(23)6-5-15(20(16)28-19)14-4-3-13(11-17(14)22)26-9-7-24-8-10-26;15-11(13-7-2-1-3-8-13)5-10-14-9-4-6-12-14/h3-6,11-12,24H,7-10H2,1-2H3;4,6,9H,1-3,5,7-8,10H2. The SMILES string of the molecule is CN(C)C(=O)c1cc2c(F)ccc(-c3ccc(N4CCNCC4)cc3Cl)c2o1.O=C(CCn1cccn1)N1CCCCC1. The van der Waals surface area contributed by atoms with Crippen LogP contribution in [0.5, 0.6) is 0 Å². The minimum atomic E-state index is -0.436. The summed E-state index contributed by atoms with van der Waals surface area (Å²) in [6.07, 6.45) is 7.79. The van der Waals surface area contributed by atoms with E-state index in [0.29, 0.717) is 29.1 Å². The number of aryl methyl sites for hydroxylation is 1. The third kappa shape index (κ3) is 7.37. The van der Waals surface area contributed by atoms with Crippen LogP contribution in [-0.2, 0) is 11.3 Å². The van der Waals surface area contributed by atoms with Crippen LogP contribution < -0.4 is 10.2 Å². The first kappa shape index (κ1) is 30.6. The quantitative estimate of drug-likeness (QED) is 0.320. The summed E-state index contributed by atoms with van der Waals surface area (Å²) in [6, 6.07) is 12.2. The third-order valence-corrected chi connectivity index (χ3v) is 8.11. The van der Waals surface area contributed by atoms with Gasteiger partial charge >= 0.3 is 0 Å². The third-order valence-electron chi connectivity index (χ3n) is 7.80. The van der Waals surface area contributed by atoms with Crippen LogP contribution >= 0.6 is 11.6 Å². The van der Waals surface area contributed by atoms with E-state index in [9.17, 15) is 14.0 Å². The molecule has 0 saturated carbocycles. The zero-order chi connectivity index (χ0) is 30.3. The second-order valence-electron chi connectivity index (χ2n) is 11.0. The van der Waals surface area contributed by atoms with E-state index in [-0.39, 0.29) is 23.0 Å². The topological polar surface area (TPSA) is 86.8 Å². The number of hydrogen-bond donors (Lipinski definition) is 1. The lowest BCUT2D eigenvalue weighted by molar-refractivity contribution is -0.132. The van der Waals surface area contributed by atoms with Crippen LogP contribution in [-0.4, -0.2) is 84.8 Å². The molecule has 2 saturated heterocycles. The second kappa shape index (κ2) is 14.1. The maximum atomic E-state index is 14.3. The van der Waals surface area contributed by atoms with Gasteiger partial charge in [-0.2, -0.15) is 5.10 Å². The molecule has 0 aliphatic carbocycles. The Labute approximate surface area is 256 Å². The van der Waals surface area contributed by atoms with E-state index in [1.54, 1.807) is 26.4 Å². The minimum Gasteiger partial charge on any atom is -0.450 e. The first-order valence-corrected chi connectivity index (χ1v) is 15.1. The summed E-state index contributed by atoms with van der Waals surface area (Å²) in [5.41, 5.74) is 2.77. The van der Waals surface area contributed by atoms with E-state index in [1.165, 1.54) is 23.5 Å². The highest BCUT2D eigenvalue weighted by atomic mass is 35.5. The molecule has 1 N–H and O–H groups in total. The van der Waals surface area contributed by atoms with Gasteiger partial charge in [-0.05, 0) is 49.6 Å². The molecule has 0 radical (unpaired) electrons. The lowest BCUT2D eigenvalue weighted by Crippen LogP contribution is -2.43. The highest BCUT2D eigenvalue weighted by Crippen LogP contribution is 2.38. The molecule has 0 unspecified atom stereocenters. The van der Waals surface area contributed by atoms with Crippen LogP contribution in [0.3, 0.4) is 0 Å². The normalized spacial score (nSPS) is 15.3. The van der Waals surface area contributed by atoms with E-state index in [4.69, 9.17) is 16.0 Å². The number of furan rings is 1. The number of likely N-dealkylation sites (tertiary alicyclic amines) is 1. The number of halogens is 2. The number of nitrogens with zero attached hydrogens (tertiary/aromatic N) is 5. The molecule has 2 aromatic heterocycles. The van der Waals surface area contributed by atoms with Crippen molar-refractivity contribution in [1.82, 2.24) is 24.9 Å². The van der Waals surface area contributed by atoms with E-state index >= 15 is 0 Å². The van der Waals surface area contributed by atoms with E-state index in [1.807, 2.05) is 40.0 Å². The Hall–Kier alpha value is -3.89. The van der Waals surface area contributed by atoms with E-state index < -0.39 is 5.82 Å². The first-order chi connectivity index (χ1) is 20.8. The summed E-state index contributed by atoms with van der Waals surface area (Å²) >= 11 is 6.59. The van der Waals surface area contributed by atoms with E-state index in [2.05, 4.69) is 15.3 Å². The van der Waals surface area contributed by atoms with Gasteiger partial charge in [0.25, 0.3) is 5.91 Å². The minimum absolute atomic E-state index is 0.0971. The molecule has 43 heavy (non-hydrogen) atoms. The second-order valence-corrected chi connectivity index (χ2v) is 11.4. The maximum absolute atomic E-state index is 14.3. The Kier molecular flexibility index (Phi) is 9.99. The first-order valence-electron chi connectivity index (χ1n) is 14.8. The number of amides is 2. The Balaban J connectivity index is 0.000000207. The number of rotatable bonds is 6. The number of hydrogen-bond acceptors (Lipinski definition) is 6. The number of aromatic nitrogens is 2. The van der Waals surface area contributed by atoms with Crippen LogP contribution in [0.2, 0.25) is 5.02 Å². The Morgan fingerprint density at radius 1 is 1.02 bits per heavy atom. The van der Waals surface area contributed by atoms with Crippen LogP contribution in [0, 0.1) is 5.82 Å². The summed E-state index contributed by atoms with van der Waals surface area (Å²) in [5.74, 6) is -0.388. The number of carbonyl (C=O) groups excluding carboxylic acids is 2. The predicted octanol–water partition coefficient (Wildman–Crippen LogP) is 5.29. The Bertz CT molecular complexity index is 1540. The average Bonchev–Trinajstić information content (AvgIpc) is 3.72. The molecule has 228 valence electrons. The van der Waals surface area contributed by atoms with Gasteiger partial charge in [-0.1, -0.05) is 17.7 Å². The molecule has 2 aliphatic rings. The van der Waals surface area contributed by atoms with Crippen molar-refractivity contribution in [3.63, 3.8) is 0 Å². The maximum Gasteiger partial charge on any atom is 0.289 e. The Morgan fingerprint density at radius 3 is 2.44 bits per heavy atom. The molecular weight excluding hydrogens is 571 g/mol. The number of piperidine rings is 1. The molecule has 2 fully saturated rings. The van der Waals surface area contributed by atoms with Crippen molar-refractivity contribution >= 4 is 40.1 Å². The number of piperazine rings is 1. The molecule has 9 nitrogen and oxygen atoms in total. The lowest BCUT2D eigenvalue weighted by atomic mass is 10.0. The van der Waals surface area contributed by atoms with Crippen molar-refractivity contribution in [2.24, 2.45) is 0 Å². The monoisotopic (exact) mass is 608 g/mol. The average molecular weight is 609 g/mol. The fraction of sp³-hybridized carbons (Fsp3) is 0.406. The van der Waals surface area contributed by atoms with Gasteiger partial charge in [0.2, 0.25) is 5.91 Å². The molecule has 0 bridgehead atoms. The summed E-state index contributed by atoms with van der Waals surface area (Å²) in [7, 11) is 3.25. The van der Waals surface area contributed by atoms with Gasteiger partial charge in [-0.3, -0.25) is 14.3 Å². The summed E-state index contributed by atoms with van der Waals surface area (Å²) in [4.78, 5) is 29.7. The van der Waals surface area contributed by atoms with Crippen LogP contribution in [0.25, 0.3) is 22.1 Å². The summed E-state index contributed by atoms with van der Waals surface area (Å²) < 4.78 is 21.9. The van der Waals surface area contributed by atoms with Crippen LogP contribution in [0.15, 0.2) is 59.3 Å². The number of nitrogens with one attached hydrogen (secondary N) is 1. The largest absolute Gasteiger partial charge is 0.450 e. The number of benzene rings is 2. The number of fused-ring (bicyclic) bond motifs is 1. The predicted molar refractivity (Wildman–Crippen MR) is 167 cm³/mol. The molecule has 2 aromatic carbocycles. The molecule has 4 heterocycles. The van der Waals surface area contributed by atoms with Gasteiger partial charge in [0.1, 0.15) is 11.4 Å². The Morgan fingerprint density at radius 2 is 1.77 bits per heavy atom. The van der Waals surface area contributed by atoms with Gasteiger partial charge in [0.05, 0.1) is 10.4 Å². The summed E-state index contributed by atoms with van der Waals surface area (Å²) in [5, 5.41) is 8.23. The van der Waals surface area contributed by atoms with Gasteiger partial charge in [0.15, 0.2) is 5.76 Å². The van der Waals surface area contributed by atoms with Gasteiger partial charge in [0, 0.05) is 102 Å². The molecule has 2 amide bonds. The zero-order valence-electron chi connectivity index (χ0n) is 24.7. The highest BCUT2D eigenvalue weighted by molar-refractivity contribution is 6.34. The van der Waals surface area contributed by atoms with Gasteiger partial charge in [-0.25, -0.2) is 4.39 Å². The van der Waals surface area contributed by atoms with E-state index in [0.717, 1.165) is 63.4 Å². The van der Waals surface area contributed by atoms with Gasteiger partial charge < -0.3 is 24.4 Å². The molecule has 2 aliphatic heterocycles. The zero-order valence-corrected chi connectivity index (χ0v) is 25.4. The number of carbonyl (C=O) groups is 2. The lowest BCUT2D eigenvalue weighted by Gasteiger charge is -2.29.